The van der Waals surface area contributed by atoms with Gasteiger partial charge in [-0.15, -0.1) is 12.4 Å². The first kappa shape index (κ1) is 22.9. The van der Waals surface area contributed by atoms with Gasteiger partial charge in [0.1, 0.15) is 17.0 Å². The van der Waals surface area contributed by atoms with Crippen molar-refractivity contribution in [2.45, 2.75) is 6.92 Å². The number of rotatable bonds is 6. The fourth-order valence-corrected chi connectivity index (χ4v) is 4.24. The van der Waals surface area contributed by atoms with Crippen LogP contribution >= 0.6 is 23.7 Å². The Morgan fingerprint density at radius 1 is 1.06 bits per heavy atom. The van der Waals surface area contributed by atoms with Crippen molar-refractivity contribution in [1.82, 2.24) is 19.9 Å². The van der Waals surface area contributed by atoms with Crippen molar-refractivity contribution in [1.29, 1.82) is 0 Å². The molecule has 9 heteroatoms. The fourth-order valence-electron chi connectivity index (χ4n) is 3.16. The predicted octanol–water partition coefficient (Wildman–Crippen LogP) is 4.19. The number of carbonyl (C=O) groups excluding carboxylic acids is 1. The average molecular weight is 458 g/mol. The molecular weight excluding hydrogens is 434 g/mol. The van der Waals surface area contributed by atoms with Crippen LogP contribution in [0.25, 0.3) is 21.3 Å². The van der Waals surface area contributed by atoms with Gasteiger partial charge in [-0.3, -0.25) is 14.7 Å². The van der Waals surface area contributed by atoms with E-state index in [-0.39, 0.29) is 18.3 Å². The number of aryl methyl sites for hydroxylation is 1. The molecule has 0 aliphatic carbocycles. The van der Waals surface area contributed by atoms with Gasteiger partial charge in [-0.25, -0.2) is 9.97 Å². The molecule has 162 valence electrons. The van der Waals surface area contributed by atoms with Crippen LogP contribution in [0.3, 0.4) is 0 Å². The monoisotopic (exact) mass is 457 g/mol. The molecule has 4 aromatic rings. The third-order valence-corrected chi connectivity index (χ3v) is 6.04. The summed E-state index contributed by atoms with van der Waals surface area (Å²) in [4.78, 5) is 30.9. The van der Waals surface area contributed by atoms with Crippen LogP contribution in [-0.4, -0.2) is 60.1 Å². The second-order valence-electron chi connectivity index (χ2n) is 7.26. The van der Waals surface area contributed by atoms with E-state index >= 15 is 0 Å². The van der Waals surface area contributed by atoms with Crippen molar-refractivity contribution in [3.05, 3.63) is 53.9 Å². The summed E-state index contributed by atoms with van der Waals surface area (Å²) in [6.07, 6.45) is 1.53. The van der Waals surface area contributed by atoms with Gasteiger partial charge in [0.25, 0.3) is 5.91 Å². The number of ether oxygens (including phenoxy) is 1. The molecule has 0 aliphatic heterocycles. The minimum Gasteiger partial charge on any atom is -0.494 e. The van der Waals surface area contributed by atoms with Crippen molar-refractivity contribution < 1.29 is 9.53 Å². The molecule has 0 N–H and O–H groups in total. The van der Waals surface area contributed by atoms with Crippen molar-refractivity contribution in [2.24, 2.45) is 0 Å². The standard InChI is InChI=1S/C22H23N5O2S.ClH/c1-14-9-10-18(29-4)19-20(14)30-22(25-19)27(12-11-26(2)3)21(28)17-13-23-15-7-5-6-8-16(15)24-17;/h5-10,13H,11-12H2,1-4H3;1H. The van der Waals surface area contributed by atoms with Crippen LogP contribution < -0.4 is 9.64 Å². The maximum Gasteiger partial charge on any atom is 0.280 e. The zero-order valence-electron chi connectivity index (χ0n) is 17.8. The topological polar surface area (TPSA) is 71.5 Å². The lowest BCUT2D eigenvalue weighted by molar-refractivity contribution is 0.0980. The van der Waals surface area contributed by atoms with E-state index in [1.807, 2.05) is 62.3 Å². The minimum absolute atomic E-state index is 0. The molecule has 0 bridgehead atoms. The summed E-state index contributed by atoms with van der Waals surface area (Å²) in [7, 11) is 5.58. The van der Waals surface area contributed by atoms with Crippen molar-refractivity contribution in [3.8, 4) is 5.75 Å². The van der Waals surface area contributed by atoms with Crippen LogP contribution in [0, 0.1) is 6.92 Å². The number of para-hydroxylation sites is 2. The van der Waals surface area contributed by atoms with Gasteiger partial charge in [0.2, 0.25) is 0 Å². The van der Waals surface area contributed by atoms with Gasteiger partial charge in [-0.05, 0) is 44.8 Å². The lowest BCUT2D eigenvalue weighted by Crippen LogP contribution is -2.37. The molecule has 2 aromatic heterocycles. The molecular formula is C22H24ClN5O2S. The van der Waals surface area contributed by atoms with Gasteiger partial charge in [0, 0.05) is 13.1 Å². The van der Waals surface area contributed by atoms with E-state index in [9.17, 15) is 4.79 Å². The molecule has 0 aliphatic rings. The van der Waals surface area contributed by atoms with Gasteiger partial charge < -0.3 is 9.64 Å². The molecule has 1 amide bonds. The van der Waals surface area contributed by atoms with Gasteiger partial charge in [0.05, 0.1) is 29.0 Å². The molecule has 0 unspecified atom stereocenters. The number of nitrogens with zero attached hydrogens (tertiary/aromatic N) is 5. The summed E-state index contributed by atoms with van der Waals surface area (Å²) in [6, 6.07) is 11.4. The van der Waals surface area contributed by atoms with E-state index < -0.39 is 0 Å². The van der Waals surface area contributed by atoms with E-state index in [0.717, 1.165) is 21.3 Å². The molecule has 0 radical (unpaired) electrons. The first-order chi connectivity index (χ1) is 14.5. The molecule has 0 atom stereocenters. The van der Waals surface area contributed by atoms with E-state index in [4.69, 9.17) is 9.72 Å². The second kappa shape index (κ2) is 9.55. The summed E-state index contributed by atoms with van der Waals surface area (Å²) in [5, 5.41) is 0.624. The Morgan fingerprint density at radius 2 is 1.81 bits per heavy atom. The van der Waals surface area contributed by atoms with E-state index in [1.54, 1.807) is 12.0 Å². The molecule has 0 saturated carbocycles. The maximum absolute atomic E-state index is 13.5. The Labute approximate surface area is 191 Å². The third-order valence-electron chi connectivity index (χ3n) is 4.83. The molecule has 0 spiro atoms. The Bertz CT molecular complexity index is 1230. The van der Waals surface area contributed by atoms with Crippen LogP contribution in [0.5, 0.6) is 5.75 Å². The zero-order chi connectivity index (χ0) is 21.3. The Kier molecular flexibility index (Phi) is 7.04. The highest BCUT2D eigenvalue weighted by atomic mass is 35.5. The zero-order valence-corrected chi connectivity index (χ0v) is 19.5. The number of anilines is 1. The van der Waals surface area contributed by atoms with Gasteiger partial charge in [-0.1, -0.05) is 29.5 Å². The number of methoxy groups -OCH3 is 1. The lowest BCUT2D eigenvalue weighted by Gasteiger charge is -2.21. The number of aromatic nitrogens is 3. The second-order valence-corrected chi connectivity index (χ2v) is 8.24. The maximum atomic E-state index is 13.5. The molecule has 0 saturated heterocycles. The number of carbonyl (C=O) groups is 1. The van der Waals surface area contributed by atoms with Crippen LogP contribution in [0.4, 0.5) is 5.13 Å². The fraction of sp³-hybridized carbons (Fsp3) is 0.273. The summed E-state index contributed by atoms with van der Waals surface area (Å²) >= 11 is 1.49. The number of fused-ring (bicyclic) bond motifs is 2. The molecule has 2 heterocycles. The van der Waals surface area contributed by atoms with E-state index in [1.165, 1.54) is 17.5 Å². The van der Waals surface area contributed by atoms with Crippen LogP contribution in [0.1, 0.15) is 16.1 Å². The number of hydrogen-bond donors (Lipinski definition) is 0. The molecule has 7 nitrogen and oxygen atoms in total. The number of halogens is 1. The highest BCUT2D eigenvalue weighted by Crippen LogP contribution is 2.36. The average Bonchev–Trinajstić information content (AvgIpc) is 3.19. The Balaban J connectivity index is 0.00000272. The molecule has 0 fully saturated rings. The number of thiazole rings is 1. The normalized spacial score (nSPS) is 11.0. The van der Waals surface area contributed by atoms with E-state index in [2.05, 4.69) is 9.97 Å². The SMILES string of the molecule is COc1ccc(C)c2sc(N(CCN(C)C)C(=O)c3cnc4ccccc4n3)nc12.Cl. The largest absolute Gasteiger partial charge is 0.494 e. The highest BCUT2D eigenvalue weighted by Gasteiger charge is 2.24. The quantitative estimate of drug-likeness (QED) is 0.432. The van der Waals surface area contributed by atoms with E-state index in [0.29, 0.717) is 35.2 Å². The number of likely N-dealkylation sites (N-methyl/N-ethyl adjacent to an activating group) is 1. The lowest BCUT2D eigenvalue weighted by atomic mass is 10.2. The van der Waals surface area contributed by atoms with Gasteiger partial charge >= 0.3 is 0 Å². The molecule has 31 heavy (non-hydrogen) atoms. The van der Waals surface area contributed by atoms with Crippen LogP contribution in [0.2, 0.25) is 0 Å². The third kappa shape index (κ3) is 4.61. The minimum atomic E-state index is -0.217. The number of amides is 1. The first-order valence-corrected chi connectivity index (χ1v) is 10.4. The van der Waals surface area contributed by atoms with Crippen LogP contribution in [-0.2, 0) is 0 Å². The summed E-state index contributed by atoms with van der Waals surface area (Å²) in [5.41, 5.74) is 3.62. The number of benzene rings is 2. The summed E-state index contributed by atoms with van der Waals surface area (Å²) in [5.74, 6) is 0.481. The smallest absolute Gasteiger partial charge is 0.280 e. The van der Waals surface area contributed by atoms with Crippen molar-refractivity contribution in [2.75, 3.05) is 39.2 Å². The summed E-state index contributed by atoms with van der Waals surface area (Å²) in [6.45, 7) is 3.21. The first-order valence-electron chi connectivity index (χ1n) is 9.60. The Morgan fingerprint density at radius 3 is 2.52 bits per heavy atom. The predicted molar refractivity (Wildman–Crippen MR) is 128 cm³/mol. The Hall–Kier alpha value is -2.81. The van der Waals surface area contributed by atoms with Crippen molar-refractivity contribution in [3.63, 3.8) is 0 Å². The molecule has 2 aromatic carbocycles. The van der Waals surface area contributed by atoms with Gasteiger partial charge in [-0.2, -0.15) is 0 Å². The van der Waals surface area contributed by atoms with Gasteiger partial charge in [0.15, 0.2) is 5.13 Å². The number of hydrogen-bond acceptors (Lipinski definition) is 7. The molecule has 4 rings (SSSR count). The van der Waals surface area contributed by atoms with Crippen molar-refractivity contribution >= 4 is 56.0 Å². The summed E-state index contributed by atoms with van der Waals surface area (Å²) < 4.78 is 6.49. The van der Waals surface area contributed by atoms with Crippen LogP contribution in [0.15, 0.2) is 42.6 Å². The highest BCUT2D eigenvalue weighted by molar-refractivity contribution is 7.22.